The Morgan fingerprint density at radius 1 is 0.852 bits per heavy atom. The molecule has 0 aliphatic rings. The SMILES string of the molecule is CCC[C@H](CCO)Oc1nc(N(Cc2ccc(OC)cc2OC)Cc2ccc(OC)cc2OC)c2ncc(Cc3cc(F)c(OCCN(C)C(=O)OC(C)(C)C)cc3F)n2n1. The van der Waals surface area contributed by atoms with E-state index in [1.807, 2.05) is 36.1 Å². The number of aromatic nitrogens is 4. The Bertz CT molecular complexity index is 2190. The molecular formula is C44H56F2N6O9. The molecule has 61 heavy (non-hydrogen) atoms. The van der Waals surface area contributed by atoms with E-state index in [1.54, 1.807) is 61.3 Å². The van der Waals surface area contributed by atoms with Crippen molar-refractivity contribution in [1.29, 1.82) is 0 Å². The lowest BCUT2D eigenvalue weighted by molar-refractivity contribution is 0.0277. The number of nitrogens with zero attached hydrogens (tertiary/aromatic N) is 6. The Hall–Kier alpha value is -6.10. The van der Waals surface area contributed by atoms with Crippen LogP contribution in [-0.4, -0.2) is 103 Å². The van der Waals surface area contributed by atoms with E-state index in [0.717, 1.165) is 29.7 Å². The summed E-state index contributed by atoms with van der Waals surface area (Å²) in [5.74, 6) is 0.918. The van der Waals surface area contributed by atoms with E-state index in [4.69, 9.17) is 48.2 Å². The molecule has 330 valence electrons. The van der Waals surface area contributed by atoms with Gasteiger partial charge in [0.25, 0.3) is 0 Å². The van der Waals surface area contributed by atoms with Gasteiger partial charge in [-0.1, -0.05) is 13.3 Å². The molecule has 0 unspecified atom stereocenters. The van der Waals surface area contributed by atoms with E-state index in [-0.39, 0.29) is 56.6 Å². The van der Waals surface area contributed by atoms with Gasteiger partial charge in [0.1, 0.15) is 47.1 Å². The van der Waals surface area contributed by atoms with E-state index in [1.165, 1.54) is 22.7 Å². The minimum Gasteiger partial charge on any atom is -0.497 e. The highest BCUT2D eigenvalue weighted by atomic mass is 19.1. The molecule has 15 nitrogen and oxygen atoms in total. The molecule has 1 amide bonds. The minimum atomic E-state index is -0.788. The number of rotatable bonds is 21. The maximum Gasteiger partial charge on any atom is 0.410 e. The summed E-state index contributed by atoms with van der Waals surface area (Å²) in [6, 6.07) is 13.1. The van der Waals surface area contributed by atoms with Gasteiger partial charge in [-0.15, -0.1) is 5.10 Å². The van der Waals surface area contributed by atoms with Gasteiger partial charge < -0.3 is 48.1 Å². The van der Waals surface area contributed by atoms with Crippen LogP contribution in [0.5, 0.6) is 34.8 Å². The third kappa shape index (κ3) is 12.0. The predicted molar refractivity (Wildman–Crippen MR) is 224 cm³/mol. The van der Waals surface area contributed by atoms with Gasteiger partial charge in [-0.2, -0.15) is 4.98 Å². The third-order valence-electron chi connectivity index (χ3n) is 9.60. The number of anilines is 1. The number of halogens is 2. The van der Waals surface area contributed by atoms with Crippen LogP contribution in [0.4, 0.5) is 19.4 Å². The minimum absolute atomic E-state index is 0.00575. The first-order valence-electron chi connectivity index (χ1n) is 19.9. The van der Waals surface area contributed by atoms with Gasteiger partial charge in [-0.3, -0.25) is 0 Å². The summed E-state index contributed by atoms with van der Waals surface area (Å²) in [5.41, 5.74) is 1.64. The van der Waals surface area contributed by atoms with E-state index in [0.29, 0.717) is 53.0 Å². The summed E-state index contributed by atoms with van der Waals surface area (Å²) < 4.78 is 72.5. The number of methoxy groups -OCH3 is 4. The van der Waals surface area contributed by atoms with Crippen molar-refractivity contribution in [3.05, 3.63) is 88.7 Å². The van der Waals surface area contributed by atoms with Gasteiger partial charge >= 0.3 is 12.1 Å². The molecule has 3 aromatic carbocycles. The normalized spacial score (nSPS) is 11.9. The fourth-order valence-corrected chi connectivity index (χ4v) is 6.47. The zero-order valence-corrected chi connectivity index (χ0v) is 36.3. The lowest BCUT2D eigenvalue weighted by atomic mass is 10.1. The lowest BCUT2D eigenvalue weighted by Crippen LogP contribution is -2.36. The molecule has 0 saturated carbocycles. The van der Waals surface area contributed by atoms with Crippen LogP contribution < -0.4 is 33.3 Å². The summed E-state index contributed by atoms with van der Waals surface area (Å²) in [6.45, 7) is 7.63. The average Bonchev–Trinajstić information content (AvgIpc) is 3.63. The first kappa shape index (κ1) is 46.0. The second-order valence-electron chi connectivity index (χ2n) is 15.3. The number of amides is 1. The Labute approximate surface area is 355 Å². The molecule has 1 atom stereocenters. The number of fused-ring (bicyclic) bond motifs is 1. The highest BCUT2D eigenvalue weighted by molar-refractivity contribution is 5.68. The van der Waals surface area contributed by atoms with Crippen LogP contribution in [0.25, 0.3) is 5.65 Å². The van der Waals surface area contributed by atoms with E-state index in [2.05, 4.69) is 0 Å². The van der Waals surface area contributed by atoms with Crippen molar-refractivity contribution in [1.82, 2.24) is 24.5 Å². The van der Waals surface area contributed by atoms with Gasteiger partial charge in [0.15, 0.2) is 23.0 Å². The van der Waals surface area contributed by atoms with Crippen molar-refractivity contribution in [2.24, 2.45) is 0 Å². The number of carbonyl (C=O) groups is 1. The molecule has 17 heteroatoms. The van der Waals surface area contributed by atoms with Crippen LogP contribution in [0.1, 0.15) is 69.3 Å². The summed E-state index contributed by atoms with van der Waals surface area (Å²) in [5, 5.41) is 14.6. The number of carbonyl (C=O) groups excluding carboxylic acids is 1. The zero-order valence-electron chi connectivity index (χ0n) is 36.3. The topological polar surface area (TPSA) is 151 Å². The van der Waals surface area contributed by atoms with Gasteiger partial charge in [0.05, 0.1) is 46.9 Å². The predicted octanol–water partition coefficient (Wildman–Crippen LogP) is 7.41. The van der Waals surface area contributed by atoms with Crippen LogP contribution >= 0.6 is 0 Å². The molecule has 2 heterocycles. The van der Waals surface area contributed by atoms with Crippen LogP contribution in [-0.2, 0) is 24.2 Å². The number of aliphatic hydroxyl groups excluding tert-OH is 1. The molecule has 0 spiro atoms. The Kier molecular flexibility index (Phi) is 15.8. The molecule has 0 aliphatic heterocycles. The molecule has 1 N–H and O–H groups in total. The van der Waals surface area contributed by atoms with E-state index >= 15 is 8.78 Å². The molecule has 0 radical (unpaired) electrons. The largest absolute Gasteiger partial charge is 0.497 e. The number of likely N-dealkylation sites (N-methyl/N-ethyl adjacent to an activating group) is 1. The smallest absolute Gasteiger partial charge is 0.410 e. The number of hydrogen-bond donors (Lipinski definition) is 1. The maximum atomic E-state index is 15.8. The summed E-state index contributed by atoms with van der Waals surface area (Å²) in [4.78, 5) is 25.2. The second kappa shape index (κ2) is 20.9. The molecule has 0 saturated heterocycles. The van der Waals surface area contributed by atoms with E-state index < -0.39 is 29.4 Å². The van der Waals surface area contributed by atoms with Crippen molar-refractivity contribution < 1.29 is 51.8 Å². The highest BCUT2D eigenvalue weighted by Gasteiger charge is 2.25. The average molecular weight is 851 g/mol. The fraction of sp³-hybridized carbons (Fsp3) is 0.455. The lowest BCUT2D eigenvalue weighted by Gasteiger charge is -2.27. The number of ether oxygens (including phenoxy) is 7. The molecule has 0 fully saturated rings. The second-order valence-corrected chi connectivity index (χ2v) is 15.3. The standard InChI is InChI=1S/C44H56F2N6O9/c1-10-11-32(16-18-53)60-42-48-41(51(26-28-12-14-33(55-6)22-37(28)57-8)27-29-13-15-34(56-7)23-38(29)58-9)40-47-25-31(52(40)49-42)20-30-21-36(46)39(24-35(30)45)59-19-17-50(5)43(54)61-44(2,3)4/h12-15,21-25,32,53H,10-11,16-20,26-27H2,1-9H3/t32-/m1/s1. The molecule has 0 bridgehead atoms. The van der Waals surface area contributed by atoms with Crippen molar-refractivity contribution in [2.75, 3.05) is 60.1 Å². The van der Waals surface area contributed by atoms with Crippen LogP contribution in [0.15, 0.2) is 54.7 Å². The number of aliphatic hydroxyl groups is 1. The molecule has 5 aromatic rings. The summed E-state index contributed by atoms with van der Waals surface area (Å²) in [6.07, 6.45) is 2.18. The fourth-order valence-electron chi connectivity index (χ4n) is 6.47. The van der Waals surface area contributed by atoms with Gasteiger partial charge in [-0.05, 0) is 63.1 Å². The zero-order chi connectivity index (χ0) is 44.3. The molecular weight excluding hydrogens is 795 g/mol. The van der Waals surface area contributed by atoms with Crippen LogP contribution in [0.3, 0.4) is 0 Å². The first-order valence-corrected chi connectivity index (χ1v) is 19.9. The Morgan fingerprint density at radius 2 is 1.49 bits per heavy atom. The molecule has 0 aliphatic carbocycles. The van der Waals surface area contributed by atoms with E-state index in [9.17, 15) is 9.90 Å². The maximum absolute atomic E-state index is 15.8. The molecule has 2 aromatic heterocycles. The summed E-state index contributed by atoms with van der Waals surface area (Å²) in [7, 11) is 7.83. The number of benzene rings is 3. The Morgan fingerprint density at radius 3 is 2.05 bits per heavy atom. The third-order valence-corrected chi connectivity index (χ3v) is 9.60. The monoisotopic (exact) mass is 850 g/mol. The van der Waals surface area contributed by atoms with Gasteiger partial charge in [0.2, 0.25) is 0 Å². The Balaban J connectivity index is 1.56. The van der Waals surface area contributed by atoms with Crippen molar-refractivity contribution in [3.8, 4) is 34.8 Å². The summed E-state index contributed by atoms with van der Waals surface area (Å²) >= 11 is 0. The number of imidazole rings is 1. The van der Waals surface area contributed by atoms with Gasteiger partial charge in [-0.25, -0.2) is 23.1 Å². The number of hydrogen-bond acceptors (Lipinski definition) is 13. The van der Waals surface area contributed by atoms with Crippen LogP contribution in [0, 0.1) is 11.6 Å². The van der Waals surface area contributed by atoms with Crippen LogP contribution in [0.2, 0.25) is 0 Å². The highest BCUT2D eigenvalue weighted by Crippen LogP contribution is 2.34. The first-order chi connectivity index (χ1) is 29.2. The quantitative estimate of drug-likeness (QED) is 0.0781. The van der Waals surface area contributed by atoms with Crippen molar-refractivity contribution in [3.63, 3.8) is 0 Å². The van der Waals surface area contributed by atoms with Crippen molar-refractivity contribution >= 4 is 17.6 Å². The van der Waals surface area contributed by atoms with Gasteiger partial charge in [0, 0.05) is 68.9 Å². The van der Waals surface area contributed by atoms with Crippen molar-refractivity contribution in [2.45, 2.75) is 78.2 Å². The molecule has 5 rings (SSSR count).